The molecule has 0 atom stereocenters. The van der Waals surface area contributed by atoms with Crippen LogP contribution < -0.4 is 0 Å². The van der Waals surface area contributed by atoms with Crippen LogP contribution in [0.15, 0.2) is 146 Å². The van der Waals surface area contributed by atoms with Crippen molar-refractivity contribution >= 4 is 32.3 Å². The lowest BCUT2D eigenvalue weighted by Gasteiger charge is -2.19. The van der Waals surface area contributed by atoms with Gasteiger partial charge in [-0.15, -0.1) is 0 Å². The minimum Gasteiger partial charge on any atom is -0.0619 e. The normalized spacial score (nSPS) is 12.8. The van der Waals surface area contributed by atoms with Gasteiger partial charge in [0.25, 0.3) is 0 Å². The Kier molecular flexibility index (Phi) is 4.93. The third-order valence-electron chi connectivity index (χ3n) is 10.2. The molecule has 0 N–H and O–H groups in total. The maximum atomic E-state index is 2.47. The van der Waals surface area contributed by atoms with E-state index in [4.69, 9.17) is 0 Å². The summed E-state index contributed by atoms with van der Waals surface area (Å²) in [5.41, 5.74) is 16.8. The highest BCUT2D eigenvalue weighted by Crippen LogP contribution is 2.49. The highest BCUT2D eigenvalue weighted by atomic mass is 14.3. The zero-order chi connectivity index (χ0) is 28.8. The minimum absolute atomic E-state index is 1.02. The molecule has 0 saturated heterocycles. The highest BCUT2D eigenvalue weighted by Gasteiger charge is 2.28. The van der Waals surface area contributed by atoms with E-state index in [0.29, 0.717) is 0 Å². The lowest BCUT2D eigenvalue weighted by molar-refractivity contribution is 1.16. The lowest BCUT2D eigenvalue weighted by atomic mass is 9.84. The van der Waals surface area contributed by atoms with E-state index in [0.717, 1.165) is 12.8 Å². The van der Waals surface area contributed by atoms with E-state index in [1.807, 2.05) is 0 Å². The largest absolute Gasteiger partial charge is 0.0619 e. The molecule has 0 amide bonds. The van der Waals surface area contributed by atoms with Gasteiger partial charge in [-0.1, -0.05) is 140 Å². The predicted octanol–water partition coefficient (Wildman–Crippen LogP) is 11.6. The maximum Gasteiger partial charge on any atom is -0.00104 e. The smallest absolute Gasteiger partial charge is 0.00104 e. The van der Waals surface area contributed by atoms with Crippen molar-refractivity contribution in [2.45, 2.75) is 12.8 Å². The van der Waals surface area contributed by atoms with E-state index in [9.17, 15) is 0 Å². The molecule has 0 heteroatoms. The molecule has 0 spiro atoms. The monoisotopic (exact) mass is 556 g/mol. The fourth-order valence-electron chi connectivity index (χ4n) is 8.23. The van der Waals surface area contributed by atoms with Crippen molar-refractivity contribution in [3.05, 3.63) is 168 Å². The van der Waals surface area contributed by atoms with Crippen molar-refractivity contribution in [3.8, 4) is 44.5 Å². The van der Waals surface area contributed by atoms with Gasteiger partial charge in [0, 0.05) is 0 Å². The summed E-state index contributed by atoms with van der Waals surface area (Å²) in [5.74, 6) is 0. The molecule has 8 aromatic rings. The molecule has 0 aromatic heterocycles. The molecule has 8 aromatic carbocycles. The minimum atomic E-state index is 1.02. The summed E-state index contributed by atoms with van der Waals surface area (Å²) < 4.78 is 0. The lowest BCUT2D eigenvalue weighted by Crippen LogP contribution is -1.92. The van der Waals surface area contributed by atoms with Crippen LogP contribution in [0.5, 0.6) is 0 Å². The third kappa shape index (κ3) is 3.28. The molecule has 0 unspecified atom stereocenters. The standard InChI is InChI=1S/C44H28/c1-3-13-31-27(10-1)12-9-19-35(31)44-38-17-7-5-15-36(38)43(37-16-6-8-18-39(37)44)30-21-20-29-25-42-34(40(29)26-30)23-22-33-32-14-4-2-11-28(32)24-41(33)42/h1-23,26H,24-25H2. The predicted molar refractivity (Wildman–Crippen MR) is 186 cm³/mol. The molecule has 10 rings (SSSR count). The van der Waals surface area contributed by atoms with Crippen LogP contribution in [0.1, 0.15) is 22.3 Å². The topological polar surface area (TPSA) is 0 Å². The second-order valence-electron chi connectivity index (χ2n) is 12.4. The summed E-state index contributed by atoms with van der Waals surface area (Å²) in [4.78, 5) is 0. The van der Waals surface area contributed by atoms with Crippen LogP contribution in [0.2, 0.25) is 0 Å². The van der Waals surface area contributed by atoms with Gasteiger partial charge < -0.3 is 0 Å². The molecular formula is C44H28. The van der Waals surface area contributed by atoms with Crippen molar-refractivity contribution < 1.29 is 0 Å². The van der Waals surface area contributed by atoms with Crippen LogP contribution in [-0.2, 0) is 12.8 Å². The van der Waals surface area contributed by atoms with Gasteiger partial charge >= 0.3 is 0 Å². The van der Waals surface area contributed by atoms with Gasteiger partial charge in [-0.25, -0.2) is 0 Å². The molecule has 0 nitrogen and oxygen atoms in total. The maximum absolute atomic E-state index is 2.47. The average Bonchev–Trinajstić information content (AvgIpc) is 3.65. The van der Waals surface area contributed by atoms with Gasteiger partial charge in [0.05, 0.1) is 0 Å². The second kappa shape index (κ2) is 9.02. The summed E-state index contributed by atoms with van der Waals surface area (Å²) in [7, 11) is 0. The Hall–Kier alpha value is -5.46. The summed E-state index contributed by atoms with van der Waals surface area (Å²) in [6.07, 6.45) is 2.06. The fourth-order valence-corrected chi connectivity index (χ4v) is 8.23. The first-order valence-electron chi connectivity index (χ1n) is 15.6. The first-order valence-corrected chi connectivity index (χ1v) is 15.6. The summed E-state index contributed by atoms with van der Waals surface area (Å²) >= 11 is 0. The van der Waals surface area contributed by atoms with Crippen LogP contribution in [-0.4, -0.2) is 0 Å². The number of benzene rings is 8. The van der Waals surface area contributed by atoms with E-state index in [1.165, 1.54) is 99.1 Å². The Bertz CT molecular complexity index is 2430. The Morgan fingerprint density at radius 2 is 0.841 bits per heavy atom. The Morgan fingerprint density at radius 3 is 1.57 bits per heavy atom. The Labute approximate surface area is 256 Å². The molecule has 0 heterocycles. The van der Waals surface area contributed by atoms with Gasteiger partial charge in [-0.3, -0.25) is 0 Å². The Morgan fingerprint density at radius 1 is 0.318 bits per heavy atom. The van der Waals surface area contributed by atoms with Crippen LogP contribution in [0.3, 0.4) is 0 Å². The van der Waals surface area contributed by atoms with E-state index in [1.54, 1.807) is 0 Å². The summed E-state index contributed by atoms with van der Waals surface area (Å²) in [6, 6.07) is 54.4. The molecule has 2 aliphatic carbocycles. The summed E-state index contributed by atoms with van der Waals surface area (Å²) in [5, 5.41) is 7.77. The van der Waals surface area contributed by atoms with Crippen LogP contribution in [0, 0.1) is 0 Å². The zero-order valence-electron chi connectivity index (χ0n) is 24.3. The first-order chi connectivity index (χ1) is 21.8. The van der Waals surface area contributed by atoms with Crippen molar-refractivity contribution in [3.63, 3.8) is 0 Å². The van der Waals surface area contributed by atoms with E-state index in [2.05, 4.69) is 146 Å². The zero-order valence-corrected chi connectivity index (χ0v) is 24.3. The number of hydrogen-bond acceptors (Lipinski definition) is 0. The van der Waals surface area contributed by atoms with Crippen molar-refractivity contribution in [2.75, 3.05) is 0 Å². The molecule has 0 bridgehead atoms. The molecule has 2 aliphatic rings. The van der Waals surface area contributed by atoms with Gasteiger partial charge in [-0.05, 0) is 118 Å². The van der Waals surface area contributed by atoms with Crippen molar-refractivity contribution in [2.24, 2.45) is 0 Å². The first kappa shape index (κ1) is 24.0. The van der Waals surface area contributed by atoms with Crippen molar-refractivity contribution in [1.29, 1.82) is 0 Å². The number of hydrogen-bond donors (Lipinski definition) is 0. The molecule has 44 heavy (non-hydrogen) atoms. The van der Waals surface area contributed by atoms with E-state index >= 15 is 0 Å². The van der Waals surface area contributed by atoms with E-state index < -0.39 is 0 Å². The summed E-state index contributed by atoms with van der Waals surface area (Å²) in [6.45, 7) is 0. The molecule has 0 radical (unpaired) electrons. The Balaban J connectivity index is 1.22. The van der Waals surface area contributed by atoms with Gasteiger partial charge in [-0.2, -0.15) is 0 Å². The highest BCUT2D eigenvalue weighted by molar-refractivity contribution is 6.23. The SMILES string of the molecule is c1ccc2c(c1)Cc1c-2ccc2c1Cc1ccc(-c3c4ccccc4c(-c4cccc5ccccc45)c4ccccc34)cc1-2. The van der Waals surface area contributed by atoms with Gasteiger partial charge in [0.15, 0.2) is 0 Å². The van der Waals surface area contributed by atoms with Gasteiger partial charge in [0.2, 0.25) is 0 Å². The average molecular weight is 557 g/mol. The molecule has 0 fully saturated rings. The van der Waals surface area contributed by atoms with Crippen LogP contribution in [0.4, 0.5) is 0 Å². The van der Waals surface area contributed by atoms with Crippen LogP contribution in [0.25, 0.3) is 76.8 Å². The fraction of sp³-hybridized carbons (Fsp3) is 0.0455. The molecular weight excluding hydrogens is 528 g/mol. The second-order valence-corrected chi connectivity index (χ2v) is 12.4. The van der Waals surface area contributed by atoms with Crippen molar-refractivity contribution in [1.82, 2.24) is 0 Å². The number of rotatable bonds is 2. The van der Waals surface area contributed by atoms with E-state index in [-0.39, 0.29) is 0 Å². The molecule has 204 valence electrons. The molecule has 0 aliphatic heterocycles. The molecule has 0 saturated carbocycles. The van der Waals surface area contributed by atoms with Gasteiger partial charge in [0.1, 0.15) is 0 Å². The third-order valence-corrected chi connectivity index (χ3v) is 10.2. The number of fused-ring (bicyclic) bond motifs is 10. The quantitative estimate of drug-likeness (QED) is 0.186. The van der Waals surface area contributed by atoms with Crippen LogP contribution >= 0.6 is 0 Å².